The number of amides is 1. The van der Waals surface area contributed by atoms with Crippen LogP contribution in [-0.2, 0) is 0 Å². The first-order chi connectivity index (χ1) is 8.18. The van der Waals surface area contributed by atoms with Crippen molar-refractivity contribution < 1.29 is 9.18 Å². The molecule has 86 valence electrons. The number of nitrogens with one attached hydrogen (secondary N) is 1. The first kappa shape index (κ1) is 11.5. The van der Waals surface area contributed by atoms with Gasteiger partial charge in [0.1, 0.15) is 0 Å². The smallest absolute Gasteiger partial charge is 0.257 e. The molecule has 0 fully saturated rings. The van der Waals surface area contributed by atoms with Crippen LogP contribution in [0.3, 0.4) is 0 Å². The fraction of sp³-hybridized carbons (Fsp3) is 0. The highest BCUT2D eigenvalue weighted by atomic mass is 35.5. The van der Waals surface area contributed by atoms with Crippen LogP contribution in [0.1, 0.15) is 10.4 Å². The zero-order chi connectivity index (χ0) is 12.3. The molecule has 1 N–H and O–H groups in total. The molecule has 6 heteroatoms. The summed E-state index contributed by atoms with van der Waals surface area (Å²) >= 11 is 5.80. The molecule has 0 saturated carbocycles. The van der Waals surface area contributed by atoms with E-state index in [0.717, 1.165) is 6.20 Å². The van der Waals surface area contributed by atoms with E-state index in [-0.39, 0.29) is 16.3 Å². The highest BCUT2D eigenvalue weighted by Gasteiger charge is 2.12. The standard InChI is InChI=1S/C11H7ClFN3O/c12-8-5-14-3-1-7(8)11(17)16-10-2-4-15-6-9(10)13/h1-6H,(H,15,16,17). The molecule has 0 atom stereocenters. The summed E-state index contributed by atoms with van der Waals surface area (Å²) in [7, 11) is 0. The molecule has 0 aliphatic heterocycles. The number of hydrogen-bond donors (Lipinski definition) is 1. The molecule has 1 amide bonds. The lowest BCUT2D eigenvalue weighted by atomic mass is 10.2. The number of nitrogens with zero attached hydrogens (tertiary/aromatic N) is 2. The summed E-state index contributed by atoms with van der Waals surface area (Å²) in [6, 6.07) is 2.82. The average molecular weight is 252 g/mol. The Labute approximate surface area is 101 Å². The van der Waals surface area contributed by atoms with Gasteiger partial charge in [-0.15, -0.1) is 0 Å². The highest BCUT2D eigenvalue weighted by molar-refractivity contribution is 6.34. The minimum Gasteiger partial charge on any atom is -0.319 e. The number of pyridine rings is 2. The maximum Gasteiger partial charge on any atom is 0.257 e. The topological polar surface area (TPSA) is 54.9 Å². The van der Waals surface area contributed by atoms with Crippen molar-refractivity contribution in [3.8, 4) is 0 Å². The van der Waals surface area contributed by atoms with Crippen molar-refractivity contribution in [1.82, 2.24) is 9.97 Å². The van der Waals surface area contributed by atoms with E-state index >= 15 is 0 Å². The lowest BCUT2D eigenvalue weighted by Gasteiger charge is -2.06. The molecular formula is C11H7ClFN3O. The number of carbonyl (C=O) groups excluding carboxylic acids is 1. The second-order valence-electron chi connectivity index (χ2n) is 3.17. The zero-order valence-corrected chi connectivity index (χ0v) is 9.28. The molecule has 0 aromatic carbocycles. The lowest BCUT2D eigenvalue weighted by Crippen LogP contribution is -2.13. The predicted molar refractivity (Wildman–Crippen MR) is 61.4 cm³/mol. The van der Waals surface area contributed by atoms with Gasteiger partial charge in [-0.2, -0.15) is 0 Å². The first-order valence-corrected chi connectivity index (χ1v) is 5.06. The third-order valence-corrected chi connectivity index (χ3v) is 2.34. The van der Waals surface area contributed by atoms with E-state index in [4.69, 9.17) is 11.6 Å². The number of carbonyl (C=O) groups is 1. The van der Waals surface area contributed by atoms with Crippen molar-refractivity contribution in [2.75, 3.05) is 5.32 Å². The van der Waals surface area contributed by atoms with Crippen LogP contribution in [0.5, 0.6) is 0 Å². The van der Waals surface area contributed by atoms with E-state index < -0.39 is 11.7 Å². The Balaban J connectivity index is 2.24. The van der Waals surface area contributed by atoms with Gasteiger partial charge in [-0.1, -0.05) is 11.6 Å². The van der Waals surface area contributed by atoms with Crippen molar-refractivity contribution in [3.05, 3.63) is 53.3 Å². The summed E-state index contributed by atoms with van der Waals surface area (Å²) < 4.78 is 13.2. The molecular weight excluding hydrogens is 245 g/mol. The van der Waals surface area contributed by atoms with Crippen molar-refractivity contribution in [1.29, 1.82) is 0 Å². The van der Waals surface area contributed by atoms with Gasteiger partial charge in [0.15, 0.2) is 5.82 Å². The van der Waals surface area contributed by atoms with E-state index in [1.165, 1.54) is 30.7 Å². The fourth-order valence-corrected chi connectivity index (χ4v) is 1.43. The molecule has 0 unspecified atom stereocenters. The van der Waals surface area contributed by atoms with E-state index in [0.29, 0.717) is 0 Å². The number of aromatic nitrogens is 2. The monoisotopic (exact) mass is 251 g/mol. The largest absolute Gasteiger partial charge is 0.319 e. The number of rotatable bonds is 2. The summed E-state index contributed by atoms with van der Waals surface area (Å²) in [5.41, 5.74) is 0.288. The van der Waals surface area contributed by atoms with Crippen LogP contribution in [0.4, 0.5) is 10.1 Å². The van der Waals surface area contributed by atoms with Crippen LogP contribution in [0.2, 0.25) is 5.02 Å². The van der Waals surface area contributed by atoms with Crippen molar-refractivity contribution in [3.63, 3.8) is 0 Å². The van der Waals surface area contributed by atoms with Crippen LogP contribution < -0.4 is 5.32 Å². The number of halogens is 2. The average Bonchev–Trinajstić information content (AvgIpc) is 2.32. The first-order valence-electron chi connectivity index (χ1n) is 4.69. The predicted octanol–water partition coefficient (Wildman–Crippen LogP) is 2.52. The summed E-state index contributed by atoms with van der Waals surface area (Å²) in [6.07, 6.45) is 5.18. The van der Waals surface area contributed by atoms with Crippen molar-refractivity contribution in [2.24, 2.45) is 0 Å². The van der Waals surface area contributed by atoms with Crippen molar-refractivity contribution in [2.45, 2.75) is 0 Å². The van der Waals surface area contributed by atoms with Gasteiger partial charge < -0.3 is 5.32 Å². The van der Waals surface area contributed by atoms with E-state index in [1.54, 1.807) is 0 Å². The van der Waals surface area contributed by atoms with Gasteiger partial charge in [-0.05, 0) is 12.1 Å². The maximum absolute atomic E-state index is 13.2. The SMILES string of the molecule is O=C(Nc1ccncc1F)c1ccncc1Cl. The molecule has 2 rings (SSSR count). The van der Waals surface area contributed by atoms with Crippen LogP contribution in [0.15, 0.2) is 36.9 Å². The minimum absolute atomic E-state index is 0.0536. The van der Waals surface area contributed by atoms with Crippen molar-refractivity contribution >= 4 is 23.2 Å². The highest BCUT2D eigenvalue weighted by Crippen LogP contribution is 2.17. The molecule has 2 aromatic heterocycles. The molecule has 17 heavy (non-hydrogen) atoms. The molecule has 0 aliphatic carbocycles. The van der Waals surface area contributed by atoms with Gasteiger partial charge in [-0.25, -0.2) is 4.39 Å². The normalized spacial score (nSPS) is 10.0. The molecule has 2 aromatic rings. The maximum atomic E-state index is 13.2. The van der Waals surface area contributed by atoms with Gasteiger partial charge >= 0.3 is 0 Å². The molecule has 2 heterocycles. The molecule has 0 spiro atoms. The fourth-order valence-electron chi connectivity index (χ4n) is 1.23. The molecule has 0 bridgehead atoms. The Morgan fingerprint density at radius 2 is 1.94 bits per heavy atom. The lowest BCUT2D eigenvalue weighted by molar-refractivity contribution is 0.102. The Kier molecular flexibility index (Phi) is 3.30. The summed E-state index contributed by atoms with van der Waals surface area (Å²) in [4.78, 5) is 19.1. The number of anilines is 1. The number of hydrogen-bond acceptors (Lipinski definition) is 3. The van der Waals surface area contributed by atoms with Gasteiger partial charge in [-0.3, -0.25) is 14.8 Å². The second kappa shape index (κ2) is 4.88. The Morgan fingerprint density at radius 3 is 2.65 bits per heavy atom. The third-order valence-electron chi connectivity index (χ3n) is 2.04. The van der Waals surface area contributed by atoms with Gasteiger partial charge in [0.05, 0.1) is 22.5 Å². The summed E-state index contributed by atoms with van der Waals surface area (Å²) in [5.74, 6) is -1.10. The second-order valence-corrected chi connectivity index (χ2v) is 3.57. The molecule has 4 nitrogen and oxygen atoms in total. The van der Waals surface area contributed by atoms with Crippen LogP contribution >= 0.6 is 11.6 Å². The Morgan fingerprint density at radius 1 is 1.24 bits per heavy atom. The molecule has 0 radical (unpaired) electrons. The van der Waals surface area contributed by atoms with Crippen LogP contribution in [-0.4, -0.2) is 15.9 Å². The third kappa shape index (κ3) is 2.57. The molecule has 0 saturated heterocycles. The van der Waals surface area contributed by atoms with E-state index in [2.05, 4.69) is 15.3 Å². The quantitative estimate of drug-likeness (QED) is 0.892. The van der Waals surface area contributed by atoms with Gasteiger partial charge in [0, 0.05) is 18.6 Å². The van der Waals surface area contributed by atoms with Crippen LogP contribution in [0.25, 0.3) is 0 Å². The Hall–Kier alpha value is -2.01. The Bertz CT molecular complexity index is 562. The van der Waals surface area contributed by atoms with E-state index in [1.807, 2.05) is 0 Å². The minimum atomic E-state index is -0.606. The zero-order valence-electron chi connectivity index (χ0n) is 8.52. The molecule has 0 aliphatic rings. The summed E-state index contributed by atoms with van der Waals surface area (Å²) in [5, 5.41) is 2.61. The van der Waals surface area contributed by atoms with Crippen LogP contribution in [0, 0.1) is 5.82 Å². The van der Waals surface area contributed by atoms with Gasteiger partial charge in [0.2, 0.25) is 0 Å². The van der Waals surface area contributed by atoms with E-state index in [9.17, 15) is 9.18 Å². The van der Waals surface area contributed by atoms with Gasteiger partial charge in [0.25, 0.3) is 5.91 Å². The summed E-state index contributed by atoms with van der Waals surface area (Å²) in [6.45, 7) is 0.